The Bertz CT molecular complexity index is 159. The average Bonchev–Trinajstić information content (AvgIpc) is 2.04. The third-order valence-corrected chi connectivity index (χ3v) is 1.45. The molecule has 0 atom stereocenters. The van der Waals surface area contributed by atoms with E-state index in [0.717, 1.165) is 0 Å². The fourth-order valence-electron chi connectivity index (χ4n) is 0.525. The first-order valence-corrected chi connectivity index (χ1v) is 3.75. The van der Waals surface area contributed by atoms with Gasteiger partial charge in [-0.1, -0.05) is 0 Å². The number of hydrogen-bond acceptors (Lipinski definition) is 3. The van der Waals surface area contributed by atoms with Crippen molar-refractivity contribution in [3.63, 3.8) is 0 Å². The second-order valence-electron chi connectivity index (χ2n) is 3.20. The molecule has 14 heavy (non-hydrogen) atoms. The highest BCUT2D eigenvalue weighted by atomic mass is 79.9. The molecule has 0 spiro atoms. The van der Waals surface area contributed by atoms with E-state index in [1.165, 1.54) is 0 Å². The van der Waals surface area contributed by atoms with Gasteiger partial charge in [0.15, 0.2) is 0 Å². The van der Waals surface area contributed by atoms with Crippen molar-refractivity contribution in [2.24, 2.45) is 5.73 Å². The van der Waals surface area contributed by atoms with Crippen LogP contribution < -0.4 is 5.73 Å². The van der Waals surface area contributed by atoms with Crippen molar-refractivity contribution in [1.29, 1.82) is 0 Å². The minimum atomic E-state index is -0.472. The fraction of sp³-hybridized carbons (Fsp3) is 0.857. The number of quaternary nitrogens is 1. The van der Waals surface area contributed by atoms with E-state index in [4.69, 9.17) is 5.73 Å². The van der Waals surface area contributed by atoms with Gasteiger partial charge in [-0.3, -0.25) is 9.28 Å². The van der Waals surface area contributed by atoms with Gasteiger partial charge in [0, 0.05) is 0 Å². The topological polar surface area (TPSA) is 52.3 Å². The Morgan fingerprint density at radius 2 is 1.93 bits per heavy atom. The van der Waals surface area contributed by atoms with Crippen molar-refractivity contribution >= 4 is 39.9 Å². The van der Waals surface area contributed by atoms with E-state index in [1.54, 1.807) is 14.1 Å². The average molecular weight is 341 g/mol. The summed E-state index contributed by atoms with van der Waals surface area (Å²) in [6.45, 7) is 0.0818. The van der Waals surface area contributed by atoms with Crippen molar-refractivity contribution in [3.05, 3.63) is 0 Å². The first-order chi connectivity index (χ1) is 5.52. The van der Waals surface area contributed by atoms with Crippen LogP contribution in [0.3, 0.4) is 0 Å². The lowest BCUT2D eigenvalue weighted by atomic mass is 10.5. The van der Waals surface area contributed by atoms with Crippen LogP contribution in [0.25, 0.3) is 0 Å². The first kappa shape index (κ1) is 19.8. The van der Waals surface area contributed by atoms with Gasteiger partial charge in [0.05, 0.1) is 20.6 Å². The molecule has 0 saturated carbocycles. The summed E-state index contributed by atoms with van der Waals surface area (Å²) in [7, 11) is 3.44. The highest BCUT2D eigenvalue weighted by Crippen LogP contribution is 1.96. The summed E-state index contributed by atoms with van der Waals surface area (Å²) in [5.41, 5.74) is 5.00. The van der Waals surface area contributed by atoms with Crippen molar-refractivity contribution < 1.29 is 18.4 Å². The molecule has 0 aliphatic heterocycles. The molecule has 88 valence electrons. The smallest absolute Gasteiger partial charge is 0.319 e. The summed E-state index contributed by atoms with van der Waals surface area (Å²) in [6, 6.07) is 0. The van der Waals surface area contributed by atoms with Crippen LogP contribution >= 0.6 is 34.0 Å². The predicted octanol–water partition coefficient (Wildman–Crippen LogP) is 0.647. The maximum absolute atomic E-state index is 12.2. The van der Waals surface area contributed by atoms with Crippen molar-refractivity contribution in [2.75, 3.05) is 40.6 Å². The Kier molecular flexibility index (Phi) is 13.9. The highest BCUT2D eigenvalue weighted by molar-refractivity contribution is 8.93. The molecule has 2 N–H and O–H groups in total. The quantitative estimate of drug-likeness (QED) is 0.454. The first-order valence-electron chi connectivity index (χ1n) is 3.75. The summed E-state index contributed by atoms with van der Waals surface area (Å²) in [5, 5.41) is 0. The lowest BCUT2D eigenvalue weighted by Gasteiger charge is -2.25. The van der Waals surface area contributed by atoms with Crippen LogP contribution in [0.15, 0.2) is 0 Å². The summed E-state index contributed by atoms with van der Waals surface area (Å²) >= 11 is 0. The molecule has 0 saturated heterocycles. The van der Waals surface area contributed by atoms with Gasteiger partial charge < -0.3 is 10.5 Å². The molecule has 7 heteroatoms. The Balaban J connectivity index is -0.000000605. The molecular formula is C7H18Br2FN2O2+. The van der Waals surface area contributed by atoms with E-state index in [9.17, 15) is 9.18 Å². The van der Waals surface area contributed by atoms with Crippen LogP contribution in [0.5, 0.6) is 0 Å². The summed E-state index contributed by atoms with van der Waals surface area (Å²) in [4.78, 5) is 10.5. The van der Waals surface area contributed by atoms with Crippen LogP contribution in [0.1, 0.15) is 0 Å². The predicted molar refractivity (Wildman–Crippen MR) is 63.6 cm³/mol. The number of likely N-dealkylation sites (N-methyl/N-ethyl adjacent to an activating group) is 1. The number of ether oxygens (including phenoxy) is 1. The monoisotopic (exact) mass is 339 g/mol. The van der Waals surface area contributed by atoms with Crippen LogP contribution in [0, 0.1) is 0 Å². The highest BCUT2D eigenvalue weighted by Gasteiger charge is 2.14. The van der Waals surface area contributed by atoms with Gasteiger partial charge in [-0.05, 0) is 0 Å². The number of alkyl halides is 1. The van der Waals surface area contributed by atoms with E-state index in [-0.39, 0.29) is 51.6 Å². The number of carbonyl (C=O) groups excluding carboxylic acids is 1. The van der Waals surface area contributed by atoms with E-state index >= 15 is 0 Å². The Hall–Kier alpha value is 0.280. The zero-order valence-corrected chi connectivity index (χ0v) is 11.8. The lowest BCUT2D eigenvalue weighted by molar-refractivity contribution is -0.902. The second kappa shape index (κ2) is 9.82. The number of rotatable bonds is 5. The Morgan fingerprint density at radius 3 is 2.29 bits per heavy atom. The van der Waals surface area contributed by atoms with Gasteiger partial charge in [-0.15, -0.1) is 34.0 Å². The minimum Gasteiger partial charge on any atom is -0.459 e. The zero-order valence-electron chi connectivity index (χ0n) is 8.36. The summed E-state index contributed by atoms with van der Waals surface area (Å²) in [6.07, 6.45) is 0. The molecule has 0 heterocycles. The minimum absolute atomic E-state index is 0. The number of halogens is 3. The molecule has 0 radical (unpaired) electrons. The molecule has 4 nitrogen and oxygen atoms in total. The van der Waals surface area contributed by atoms with Crippen LogP contribution in [0.4, 0.5) is 4.39 Å². The molecule has 0 aromatic heterocycles. The van der Waals surface area contributed by atoms with Crippen LogP contribution in [-0.4, -0.2) is 51.0 Å². The summed E-state index contributed by atoms with van der Waals surface area (Å²) < 4.78 is 17.1. The number of carbonyl (C=O) groups is 1. The maximum Gasteiger partial charge on any atom is 0.319 e. The van der Waals surface area contributed by atoms with E-state index in [1.807, 2.05) is 0 Å². The Labute approximate surface area is 105 Å². The molecule has 0 aliphatic carbocycles. The maximum atomic E-state index is 12.2. The number of hydrogen-bond donors (Lipinski definition) is 1. The van der Waals surface area contributed by atoms with E-state index < -0.39 is 12.8 Å². The Morgan fingerprint density at radius 1 is 1.43 bits per heavy atom. The SMILES string of the molecule is Br.Br.C[N+](C)(CF)CCOC(=O)CN. The lowest BCUT2D eigenvalue weighted by Crippen LogP contribution is -2.41. The molecule has 0 aliphatic rings. The number of nitrogens with zero attached hydrogens (tertiary/aromatic N) is 1. The van der Waals surface area contributed by atoms with Gasteiger partial charge in [-0.25, -0.2) is 0 Å². The van der Waals surface area contributed by atoms with Gasteiger partial charge in [0.1, 0.15) is 13.2 Å². The van der Waals surface area contributed by atoms with Crippen molar-refractivity contribution in [1.82, 2.24) is 0 Å². The van der Waals surface area contributed by atoms with Crippen molar-refractivity contribution in [3.8, 4) is 0 Å². The molecule has 0 rings (SSSR count). The van der Waals surface area contributed by atoms with Gasteiger partial charge in [-0.2, -0.15) is 4.39 Å². The molecular weight excluding hydrogens is 323 g/mol. The fourth-order valence-corrected chi connectivity index (χ4v) is 0.525. The van der Waals surface area contributed by atoms with Gasteiger partial charge in [0.2, 0.25) is 6.80 Å². The molecule has 0 aromatic rings. The molecule has 0 aromatic carbocycles. The molecule has 0 amide bonds. The third-order valence-electron chi connectivity index (χ3n) is 1.45. The van der Waals surface area contributed by atoms with E-state index in [2.05, 4.69) is 4.74 Å². The number of nitrogens with two attached hydrogens (primary N) is 1. The van der Waals surface area contributed by atoms with Crippen LogP contribution in [0.2, 0.25) is 0 Å². The van der Waals surface area contributed by atoms with Gasteiger partial charge in [0.25, 0.3) is 0 Å². The standard InChI is InChI=1S/C7H16FN2O2.2BrH/c1-10(2,6-8)3-4-12-7(11)5-9;;/h3-6,9H2,1-2H3;2*1H/q+1;;. The number of esters is 1. The second-order valence-corrected chi connectivity index (χ2v) is 3.20. The van der Waals surface area contributed by atoms with Crippen LogP contribution in [-0.2, 0) is 9.53 Å². The van der Waals surface area contributed by atoms with Crippen molar-refractivity contribution in [2.45, 2.75) is 0 Å². The molecule has 0 fully saturated rings. The molecule has 0 bridgehead atoms. The molecule has 0 unspecified atom stereocenters. The van der Waals surface area contributed by atoms with Gasteiger partial charge >= 0.3 is 5.97 Å². The van der Waals surface area contributed by atoms with E-state index in [0.29, 0.717) is 6.54 Å². The largest absolute Gasteiger partial charge is 0.459 e. The third kappa shape index (κ3) is 10.4. The normalized spacial score (nSPS) is 9.71. The summed E-state index contributed by atoms with van der Waals surface area (Å²) in [5.74, 6) is -0.450. The zero-order chi connectivity index (χ0) is 9.61.